The van der Waals surface area contributed by atoms with Gasteiger partial charge in [-0.3, -0.25) is 4.98 Å². The largest absolute Gasteiger partial charge is 0.457 e. The first-order valence-corrected chi connectivity index (χ1v) is 6.50. The van der Waals surface area contributed by atoms with Crippen molar-refractivity contribution in [2.45, 2.75) is 19.6 Å². The lowest BCUT2D eigenvalue weighted by Crippen LogP contribution is -2.12. The third-order valence-corrected chi connectivity index (χ3v) is 2.74. The third-order valence-electron chi connectivity index (χ3n) is 2.74. The summed E-state index contributed by atoms with van der Waals surface area (Å²) in [5.41, 5.74) is 0.0308. The molecule has 0 saturated carbocycles. The highest BCUT2D eigenvalue weighted by Gasteiger charge is 2.30. The number of rotatable bonds is 5. The van der Waals surface area contributed by atoms with Crippen molar-refractivity contribution in [3.63, 3.8) is 0 Å². The summed E-state index contributed by atoms with van der Waals surface area (Å²) in [6.45, 7) is 3.36. The molecule has 0 atom stereocenters. The molecule has 6 heteroatoms. The molecule has 21 heavy (non-hydrogen) atoms. The quantitative estimate of drug-likeness (QED) is 0.905. The van der Waals surface area contributed by atoms with E-state index in [1.165, 1.54) is 12.1 Å². The zero-order valence-corrected chi connectivity index (χ0v) is 11.4. The van der Waals surface area contributed by atoms with Gasteiger partial charge >= 0.3 is 6.18 Å². The first-order valence-electron chi connectivity index (χ1n) is 6.50. The predicted octanol–water partition coefficient (Wildman–Crippen LogP) is 4.00. The Morgan fingerprint density at radius 1 is 1.14 bits per heavy atom. The Hall–Kier alpha value is -2.08. The van der Waals surface area contributed by atoms with Crippen molar-refractivity contribution in [2.24, 2.45) is 0 Å². The van der Waals surface area contributed by atoms with Crippen molar-refractivity contribution >= 4 is 0 Å². The van der Waals surface area contributed by atoms with Gasteiger partial charge in [-0.2, -0.15) is 13.2 Å². The molecule has 1 aromatic heterocycles. The summed E-state index contributed by atoms with van der Waals surface area (Å²) < 4.78 is 43.4. The van der Waals surface area contributed by atoms with Crippen LogP contribution in [-0.2, 0) is 12.7 Å². The van der Waals surface area contributed by atoms with Gasteiger partial charge in [0.1, 0.15) is 11.5 Å². The molecule has 1 N–H and O–H groups in total. The lowest BCUT2D eigenvalue weighted by atomic mass is 10.2. The normalized spacial score (nSPS) is 11.4. The van der Waals surface area contributed by atoms with Crippen LogP contribution in [-0.4, -0.2) is 11.5 Å². The maximum Gasteiger partial charge on any atom is 0.416 e. The van der Waals surface area contributed by atoms with Crippen LogP contribution in [0.5, 0.6) is 11.5 Å². The summed E-state index contributed by atoms with van der Waals surface area (Å²) in [6, 6.07) is 8.09. The van der Waals surface area contributed by atoms with E-state index >= 15 is 0 Å². The van der Waals surface area contributed by atoms with E-state index in [1.54, 1.807) is 18.3 Å². The van der Waals surface area contributed by atoms with Crippen molar-refractivity contribution < 1.29 is 17.9 Å². The number of nitrogens with zero attached hydrogens (tertiary/aromatic N) is 1. The van der Waals surface area contributed by atoms with Gasteiger partial charge in [-0.25, -0.2) is 0 Å². The van der Waals surface area contributed by atoms with Crippen molar-refractivity contribution in [3.05, 3.63) is 53.9 Å². The van der Waals surface area contributed by atoms with Crippen molar-refractivity contribution in [1.29, 1.82) is 0 Å². The highest BCUT2D eigenvalue weighted by Crippen LogP contribution is 2.32. The van der Waals surface area contributed by atoms with Crippen LogP contribution in [0.25, 0.3) is 0 Å². The van der Waals surface area contributed by atoms with Gasteiger partial charge in [-0.15, -0.1) is 0 Å². The van der Waals surface area contributed by atoms with Crippen LogP contribution in [0.2, 0.25) is 0 Å². The molecule has 0 bridgehead atoms. The number of alkyl halides is 3. The summed E-state index contributed by atoms with van der Waals surface area (Å²) in [6.07, 6.45) is -2.82. The Balaban J connectivity index is 2.14. The van der Waals surface area contributed by atoms with Crippen LogP contribution < -0.4 is 10.1 Å². The summed E-state index contributed by atoms with van der Waals surface area (Å²) in [4.78, 5) is 4.15. The lowest BCUT2D eigenvalue weighted by molar-refractivity contribution is -0.137. The van der Waals surface area contributed by atoms with E-state index in [0.29, 0.717) is 12.3 Å². The monoisotopic (exact) mass is 296 g/mol. The molecule has 3 nitrogen and oxygen atoms in total. The number of aromatic nitrogens is 1. The number of pyridine rings is 1. The SMILES string of the molecule is CCNCc1cc(Oc2cccc(C(F)(F)F)c2)ccn1. The average Bonchev–Trinajstić information content (AvgIpc) is 2.45. The molecular formula is C15H15F3N2O. The minimum absolute atomic E-state index is 0.144. The topological polar surface area (TPSA) is 34.1 Å². The Morgan fingerprint density at radius 3 is 2.62 bits per heavy atom. The summed E-state index contributed by atoms with van der Waals surface area (Å²) in [5, 5.41) is 3.12. The minimum atomic E-state index is -4.38. The fourth-order valence-corrected chi connectivity index (χ4v) is 1.74. The second-order valence-corrected chi connectivity index (χ2v) is 4.39. The van der Waals surface area contributed by atoms with Crippen LogP contribution in [0.3, 0.4) is 0 Å². The second-order valence-electron chi connectivity index (χ2n) is 4.39. The molecule has 0 spiro atoms. The van der Waals surface area contributed by atoms with E-state index in [9.17, 15) is 13.2 Å². The van der Waals surface area contributed by atoms with Gasteiger partial charge in [-0.1, -0.05) is 13.0 Å². The van der Waals surface area contributed by atoms with Crippen molar-refractivity contribution in [3.8, 4) is 11.5 Å². The van der Waals surface area contributed by atoms with Gasteiger partial charge in [0.2, 0.25) is 0 Å². The molecule has 112 valence electrons. The molecule has 0 aliphatic carbocycles. The first kappa shape index (κ1) is 15.3. The molecule has 2 aromatic rings. The number of ether oxygens (including phenoxy) is 1. The van der Waals surface area contributed by atoms with Gasteiger partial charge in [-0.05, 0) is 30.8 Å². The molecular weight excluding hydrogens is 281 g/mol. The van der Waals surface area contributed by atoms with Crippen LogP contribution in [0.1, 0.15) is 18.2 Å². The first-order chi connectivity index (χ1) is 9.99. The maximum atomic E-state index is 12.6. The van der Waals surface area contributed by atoms with Crippen LogP contribution >= 0.6 is 0 Å². The van der Waals surface area contributed by atoms with E-state index in [2.05, 4.69) is 10.3 Å². The van der Waals surface area contributed by atoms with E-state index in [0.717, 1.165) is 24.4 Å². The molecule has 0 aliphatic rings. The van der Waals surface area contributed by atoms with Gasteiger partial charge in [0.25, 0.3) is 0 Å². The fraction of sp³-hybridized carbons (Fsp3) is 0.267. The molecule has 0 unspecified atom stereocenters. The smallest absolute Gasteiger partial charge is 0.416 e. The fourth-order valence-electron chi connectivity index (χ4n) is 1.74. The highest BCUT2D eigenvalue weighted by molar-refractivity contribution is 5.35. The Morgan fingerprint density at radius 2 is 1.90 bits per heavy atom. The van der Waals surface area contributed by atoms with Crippen LogP contribution in [0.15, 0.2) is 42.6 Å². The number of hydrogen-bond donors (Lipinski definition) is 1. The number of nitrogens with one attached hydrogen (secondary N) is 1. The van der Waals surface area contributed by atoms with E-state index < -0.39 is 11.7 Å². The highest BCUT2D eigenvalue weighted by atomic mass is 19.4. The van der Waals surface area contributed by atoms with E-state index in [-0.39, 0.29) is 5.75 Å². The molecule has 0 radical (unpaired) electrons. The number of halogens is 3. The molecule has 2 rings (SSSR count). The van der Waals surface area contributed by atoms with Crippen LogP contribution in [0, 0.1) is 0 Å². The summed E-state index contributed by atoms with van der Waals surface area (Å²) >= 11 is 0. The van der Waals surface area contributed by atoms with Crippen LogP contribution in [0.4, 0.5) is 13.2 Å². The second kappa shape index (κ2) is 6.58. The molecule has 0 saturated heterocycles. The summed E-state index contributed by atoms with van der Waals surface area (Å²) in [5.74, 6) is 0.600. The molecule has 0 amide bonds. The standard InChI is InChI=1S/C15H15F3N2O/c1-2-19-10-12-9-14(6-7-20-12)21-13-5-3-4-11(8-13)15(16,17)18/h3-9,19H,2,10H2,1H3. The van der Waals surface area contributed by atoms with Gasteiger partial charge in [0, 0.05) is 18.8 Å². The number of hydrogen-bond acceptors (Lipinski definition) is 3. The van der Waals surface area contributed by atoms with E-state index in [4.69, 9.17) is 4.74 Å². The van der Waals surface area contributed by atoms with Gasteiger partial charge in [0.15, 0.2) is 0 Å². The summed E-state index contributed by atoms with van der Waals surface area (Å²) in [7, 11) is 0. The predicted molar refractivity (Wildman–Crippen MR) is 73.1 cm³/mol. The Bertz CT molecular complexity index is 599. The number of benzene rings is 1. The maximum absolute atomic E-state index is 12.6. The molecule has 1 heterocycles. The molecule has 0 aliphatic heterocycles. The molecule has 0 fully saturated rings. The van der Waals surface area contributed by atoms with Crippen molar-refractivity contribution in [1.82, 2.24) is 10.3 Å². The van der Waals surface area contributed by atoms with Gasteiger partial charge in [0.05, 0.1) is 11.3 Å². The molecule has 1 aromatic carbocycles. The Labute approximate surface area is 120 Å². The van der Waals surface area contributed by atoms with E-state index in [1.807, 2.05) is 6.92 Å². The Kier molecular flexibility index (Phi) is 4.80. The van der Waals surface area contributed by atoms with Gasteiger partial charge < -0.3 is 10.1 Å². The van der Waals surface area contributed by atoms with Crippen molar-refractivity contribution in [2.75, 3.05) is 6.54 Å². The average molecular weight is 296 g/mol. The third kappa shape index (κ3) is 4.46. The zero-order valence-electron chi connectivity index (χ0n) is 11.4. The lowest BCUT2D eigenvalue weighted by Gasteiger charge is -2.10. The zero-order chi connectivity index (χ0) is 15.3. The minimum Gasteiger partial charge on any atom is -0.457 e.